The van der Waals surface area contributed by atoms with Crippen molar-refractivity contribution in [1.29, 1.82) is 0 Å². The Morgan fingerprint density at radius 2 is 0.413 bits per heavy atom. The minimum atomic E-state index is 1.21. The van der Waals surface area contributed by atoms with Gasteiger partial charge in [0.15, 0.2) is 0 Å². The molecule has 3 nitrogen and oxygen atoms in total. The molecule has 566 valence electrons. The maximum Gasteiger partial charge on any atom is 0.0541 e. The summed E-state index contributed by atoms with van der Waals surface area (Å²) in [5, 5.41) is 2.61. The van der Waals surface area contributed by atoms with Gasteiger partial charge in [-0.05, 0) is 168 Å². The number of anilines is 4. The Labute approximate surface area is 661 Å². The zero-order valence-corrected chi connectivity index (χ0v) is 69.2. The summed E-state index contributed by atoms with van der Waals surface area (Å²) in [5.74, 6) is 0. The zero-order chi connectivity index (χ0) is 79.5. The molecule has 0 radical (unpaired) electrons. The molecule has 0 atom stereocenters. The van der Waals surface area contributed by atoms with Crippen molar-refractivity contribution < 1.29 is 0 Å². The quantitative estimate of drug-likeness (QED) is 0.170. The van der Waals surface area contributed by atoms with Gasteiger partial charge in [0.2, 0.25) is 0 Å². The molecule has 15 aromatic rings. The van der Waals surface area contributed by atoms with Crippen LogP contribution in [0.15, 0.2) is 394 Å². The Bertz CT molecular complexity index is 4120. The van der Waals surface area contributed by atoms with E-state index in [9.17, 15) is 0 Å². The summed E-state index contributed by atoms with van der Waals surface area (Å²) in [5.41, 5.74) is 22.9. The second-order valence-corrected chi connectivity index (χ2v) is 24.4. The first-order valence-electron chi connectivity index (χ1n) is 39.5. The highest BCUT2D eigenvalue weighted by Crippen LogP contribution is 2.32. The molecule has 14 aromatic carbocycles. The number of rotatable bonds is 5. The van der Waals surface area contributed by atoms with Crippen LogP contribution in [0.3, 0.4) is 0 Å². The third-order valence-corrected chi connectivity index (χ3v) is 16.8. The smallest absolute Gasteiger partial charge is 0.0541 e. The minimum absolute atomic E-state index is 1.21. The molecule has 3 heteroatoms. The third kappa shape index (κ3) is 34.7. The molecule has 0 spiro atoms. The van der Waals surface area contributed by atoms with Crippen molar-refractivity contribution in [2.24, 2.45) is 0 Å². The highest BCUT2D eigenvalue weighted by molar-refractivity contribution is 6.09. The maximum absolute atomic E-state index is 2.32. The van der Waals surface area contributed by atoms with Crippen molar-refractivity contribution in [3.05, 3.63) is 450 Å². The summed E-state index contributed by atoms with van der Waals surface area (Å²) in [4.78, 5) is 4.33. The largest absolute Gasteiger partial charge is 0.345 e. The first-order valence-corrected chi connectivity index (χ1v) is 39.5. The van der Waals surface area contributed by atoms with Crippen molar-refractivity contribution in [1.82, 2.24) is 4.57 Å². The number of fused-ring (bicyclic) bond motifs is 5. The van der Waals surface area contributed by atoms with Crippen LogP contribution in [0.2, 0.25) is 0 Å². The maximum atomic E-state index is 2.32. The number of aromatic nitrogens is 1. The summed E-state index contributed by atoms with van der Waals surface area (Å²) >= 11 is 0. The van der Waals surface area contributed by atoms with Gasteiger partial charge in [-0.25, -0.2) is 0 Å². The van der Waals surface area contributed by atoms with E-state index in [1.165, 1.54) is 109 Å². The third-order valence-electron chi connectivity index (χ3n) is 16.8. The molecule has 0 saturated heterocycles. The van der Waals surface area contributed by atoms with Gasteiger partial charge in [0.05, 0.1) is 11.0 Å². The predicted octanol–water partition coefficient (Wildman–Crippen LogP) is 30.7. The van der Waals surface area contributed by atoms with Crippen LogP contribution < -0.4 is 9.80 Å². The normalized spacial score (nSPS) is 9.78. The Morgan fingerprint density at radius 3 is 0.615 bits per heavy atom. The van der Waals surface area contributed by atoms with Crippen LogP contribution in [-0.2, 0) is 25.7 Å². The highest BCUT2D eigenvalue weighted by Gasteiger charge is 2.14. The molecule has 17 rings (SSSR count). The van der Waals surface area contributed by atoms with Crippen molar-refractivity contribution in [3.8, 4) is 5.69 Å². The lowest BCUT2D eigenvalue weighted by Gasteiger charge is -2.20. The molecule has 1 heterocycles. The van der Waals surface area contributed by atoms with E-state index < -0.39 is 0 Å². The molecular weight excluding hydrogens is 1320 g/mol. The first-order chi connectivity index (χ1) is 53.5. The van der Waals surface area contributed by atoms with Crippen LogP contribution in [0, 0.1) is 41.5 Å². The Balaban J connectivity index is 0.000000316. The van der Waals surface area contributed by atoms with Gasteiger partial charge in [0.25, 0.3) is 0 Å². The zero-order valence-electron chi connectivity index (χ0n) is 69.2. The molecule has 0 bridgehead atoms. The molecule has 109 heavy (non-hydrogen) atoms. The molecular formula is C106H127N3. The second-order valence-electron chi connectivity index (χ2n) is 24.4. The summed E-state index contributed by atoms with van der Waals surface area (Å²) in [6.07, 6.45) is 5.21. The average molecular weight is 1440 g/mol. The molecule has 2 aliphatic carbocycles. The number of benzene rings is 14. The van der Waals surface area contributed by atoms with Gasteiger partial charge in [-0.1, -0.05) is 419 Å². The lowest BCUT2D eigenvalue weighted by molar-refractivity contribution is 0.828. The van der Waals surface area contributed by atoms with Gasteiger partial charge in [0, 0.05) is 53.3 Å². The van der Waals surface area contributed by atoms with Gasteiger partial charge in [-0.2, -0.15) is 0 Å². The monoisotopic (exact) mass is 1440 g/mol. The number of hydrogen-bond acceptors (Lipinski definition) is 2. The van der Waals surface area contributed by atoms with Crippen molar-refractivity contribution in [2.45, 2.75) is 136 Å². The van der Waals surface area contributed by atoms with Crippen LogP contribution >= 0.6 is 0 Å². The summed E-state index contributed by atoms with van der Waals surface area (Å²) in [6.45, 7) is 32.6. The van der Waals surface area contributed by atoms with E-state index >= 15 is 0 Å². The fraction of sp³-hybridized carbons (Fsp3) is 0.208. The fourth-order valence-corrected chi connectivity index (χ4v) is 10.9. The lowest BCUT2D eigenvalue weighted by Crippen LogP contribution is -2.09. The molecule has 0 saturated carbocycles. The standard InChI is InChI=1S/C18H13N.2C13H13N.C9H10.C8H8.5C7H8.5C2H6/c1-2-8-14(9-3-1)19-17-12-6-4-10-15(17)16-11-5-7-13-18(16)19;2*1-14(12-8-4-2-5-9-12)13-10-6-3-7-11-13;1-7-3-2-4-8-5-6-9(7)8;1-2-4-8-6-5-7(8)3-1;5*1-7-5-3-2-4-6-7;5*1-2/h1-13H;2*2-11H,1H3;2-4H,5-6H2,1H3;1-4H,5-6H2;5*2-6H,1H3;5*1-2H3. The van der Waals surface area contributed by atoms with Gasteiger partial charge in [-0.3, -0.25) is 0 Å². The van der Waals surface area contributed by atoms with E-state index in [0.29, 0.717) is 0 Å². The van der Waals surface area contributed by atoms with E-state index in [4.69, 9.17) is 0 Å². The van der Waals surface area contributed by atoms with Gasteiger partial charge >= 0.3 is 0 Å². The Morgan fingerprint density at radius 1 is 0.202 bits per heavy atom. The van der Waals surface area contributed by atoms with Crippen LogP contribution in [-0.4, -0.2) is 18.7 Å². The van der Waals surface area contributed by atoms with E-state index in [1.807, 2.05) is 184 Å². The molecule has 0 aliphatic heterocycles. The van der Waals surface area contributed by atoms with Crippen LogP contribution in [0.1, 0.15) is 125 Å². The van der Waals surface area contributed by atoms with Crippen LogP contribution in [0.25, 0.3) is 27.5 Å². The molecule has 0 N–H and O–H groups in total. The fourth-order valence-electron chi connectivity index (χ4n) is 10.9. The highest BCUT2D eigenvalue weighted by atomic mass is 15.1. The SMILES string of the molecule is CC.CC.CC.CC.CC.CN(c1ccccc1)c1ccccc1.CN(c1ccccc1)c1ccccc1.Cc1cccc2c1CC2.Cc1ccccc1.Cc1ccccc1.Cc1ccccc1.Cc1ccccc1.Cc1ccccc1.c1ccc(-n2c3ccccc3c3ccccc32)cc1.c1ccc2c(c1)CC2. The second kappa shape index (κ2) is 57.7. The van der Waals surface area contributed by atoms with Crippen molar-refractivity contribution >= 4 is 44.6 Å². The van der Waals surface area contributed by atoms with Crippen molar-refractivity contribution in [2.75, 3.05) is 23.9 Å². The summed E-state index contributed by atoms with van der Waals surface area (Å²) in [6, 6.07) is 136. The van der Waals surface area contributed by atoms with Gasteiger partial charge in [-0.15, -0.1) is 0 Å². The van der Waals surface area contributed by atoms with E-state index in [1.54, 1.807) is 22.3 Å². The predicted molar refractivity (Wildman–Crippen MR) is 488 cm³/mol. The number of para-hydroxylation sites is 7. The molecule has 2 aliphatic rings. The minimum Gasteiger partial charge on any atom is -0.345 e. The Hall–Kier alpha value is -11.5. The first kappa shape index (κ1) is 91.7. The molecule has 0 unspecified atom stereocenters. The van der Waals surface area contributed by atoms with Crippen LogP contribution in [0.5, 0.6) is 0 Å². The van der Waals surface area contributed by atoms with Gasteiger partial charge < -0.3 is 14.4 Å². The number of aryl methyl sites for hydroxylation is 9. The van der Waals surface area contributed by atoms with E-state index in [0.717, 1.165) is 0 Å². The van der Waals surface area contributed by atoms with E-state index in [-0.39, 0.29) is 0 Å². The number of nitrogens with zero attached hydrogens (tertiary/aromatic N) is 3. The molecule has 0 fully saturated rings. The van der Waals surface area contributed by atoms with Gasteiger partial charge in [0.1, 0.15) is 0 Å². The molecule has 0 amide bonds. The average Bonchev–Trinajstić information content (AvgIpc) is 1.59. The molecule has 1 aromatic heterocycles. The van der Waals surface area contributed by atoms with E-state index in [2.05, 4.69) is 349 Å². The van der Waals surface area contributed by atoms with Crippen molar-refractivity contribution in [3.63, 3.8) is 0 Å². The topological polar surface area (TPSA) is 11.4 Å². The summed E-state index contributed by atoms with van der Waals surface area (Å²) in [7, 11) is 4.15. The lowest BCUT2D eigenvalue weighted by atomic mass is 9.85. The number of hydrogen-bond donors (Lipinski definition) is 0. The van der Waals surface area contributed by atoms with Crippen LogP contribution in [0.4, 0.5) is 22.7 Å². The Kier molecular flexibility index (Phi) is 48.5. The summed E-state index contributed by atoms with van der Waals surface area (Å²) < 4.78 is 2.32.